The van der Waals surface area contributed by atoms with E-state index in [1.165, 1.54) is 0 Å². The summed E-state index contributed by atoms with van der Waals surface area (Å²) < 4.78 is 43.0. The van der Waals surface area contributed by atoms with Crippen LogP contribution in [0.4, 0.5) is 13.2 Å². The van der Waals surface area contributed by atoms with Gasteiger partial charge in [-0.15, -0.1) is 0 Å². The van der Waals surface area contributed by atoms with Crippen molar-refractivity contribution >= 4 is 22.8 Å². The third-order valence-corrected chi connectivity index (χ3v) is 5.60. The van der Waals surface area contributed by atoms with Gasteiger partial charge in [-0.3, -0.25) is 9.59 Å². The number of pyridine rings is 1. The highest BCUT2D eigenvalue weighted by atomic mass is 19.4. The van der Waals surface area contributed by atoms with Crippen LogP contribution in [0.1, 0.15) is 29.6 Å². The van der Waals surface area contributed by atoms with Gasteiger partial charge in [0.2, 0.25) is 0 Å². The lowest BCUT2D eigenvalue weighted by Gasteiger charge is -2.32. The lowest BCUT2D eigenvalue weighted by molar-refractivity contribution is -0.192. The Bertz CT molecular complexity index is 1080. The third kappa shape index (κ3) is 6.02. The van der Waals surface area contributed by atoms with Gasteiger partial charge in [-0.05, 0) is 56.6 Å². The number of hydrogen-bond donors (Lipinski definition) is 4. The number of carbonyl (C=O) groups excluding carboxylic acids is 1. The number of halogens is 3. The topological polar surface area (TPSA) is 130 Å². The Kier molecular flexibility index (Phi) is 7.28. The molecule has 0 saturated carbocycles. The molecule has 1 atom stereocenters. The fraction of sp³-hybridized carbons (Fsp3) is 0.476. The quantitative estimate of drug-likeness (QED) is 0.537. The minimum absolute atomic E-state index is 0.0685. The van der Waals surface area contributed by atoms with E-state index in [0.29, 0.717) is 17.9 Å². The normalized spacial score (nSPS) is 19.6. The van der Waals surface area contributed by atoms with Crippen LogP contribution in [0, 0.1) is 0 Å². The van der Waals surface area contributed by atoms with Crippen molar-refractivity contribution in [2.24, 2.45) is 0 Å². The largest absolute Gasteiger partial charge is 0.497 e. The fourth-order valence-electron chi connectivity index (χ4n) is 3.91. The molecule has 4 N–H and O–H groups in total. The number of nitrogens with one attached hydrogen (secondary N) is 3. The number of methoxy groups -OCH3 is 1. The van der Waals surface area contributed by atoms with Gasteiger partial charge in [-0.1, -0.05) is 0 Å². The molecule has 12 heteroatoms. The number of benzene rings is 1. The summed E-state index contributed by atoms with van der Waals surface area (Å²) in [6.45, 7) is 2.37. The predicted octanol–water partition coefficient (Wildman–Crippen LogP) is 1.81. The maximum absolute atomic E-state index is 12.7. The Morgan fingerprint density at radius 3 is 2.52 bits per heavy atom. The summed E-state index contributed by atoms with van der Waals surface area (Å²) in [7, 11) is 1.58. The standard InChI is InChI=1S/C19H23N3O4.C2HF3O2/c1-25-14-2-3-16-12(8-14)9-15(18(24)22-16)17(23)21-13-10-19(26-11-13)4-6-20-7-5-19;3-2(4,5)1(6)7/h2-3,8-9,13,20H,4-7,10-11H2,1H3,(H,21,23)(H,22,24);(H,6,7). The smallest absolute Gasteiger partial charge is 0.490 e. The SMILES string of the molecule is COc1ccc2[nH]c(=O)c(C(=O)NC3COC4(CCNCC4)C3)cc2c1.O=C(O)C(F)(F)F. The van der Waals surface area contributed by atoms with E-state index >= 15 is 0 Å². The first-order chi connectivity index (χ1) is 15.5. The molecule has 33 heavy (non-hydrogen) atoms. The average Bonchev–Trinajstić information content (AvgIpc) is 3.14. The molecule has 1 aromatic carbocycles. The zero-order valence-corrected chi connectivity index (χ0v) is 17.8. The molecule has 3 heterocycles. The summed E-state index contributed by atoms with van der Waals surface area (Å²) in [4.78, 5) is 36.6. The number of ether oxygens (including phenoxy) is 2. The number of carbonyl (C=O) groups is 2. The molecule has 1 spiro atoms. The number of amides is 1. The number of H-pyrrole nitrogens is 1. The highest BCUT2D eigenvalue weighted by molar-refractivity contribution is 5.97. The van der Waals surface area contributed by atoms with Crippen molar-refractivity contribution in [3.8, 4) is 5.75 Å². The highest BCUT2D eigenvalue weighted by Crippen LogP contribution is 2.34. The van der Waals surface area contributed by atoms with Gasteiger partial charge in [-0.2, -0.15) is 13.2 Å². The molecule has 180 valence electrons. The van der Waals surface area contributed by atoms with E-state index in [-0.39, 0.29) is 23.1 Å². The van der Waals surface area contributed by atoms with Crippen LogP contribution in [0.15, 0.2) is 29.1 Å². The van der Waals surface area contributed by atoms with Crippen LogP contribution in [-0.4, -0.2) is 66.6 Å². The van der Waals surface area contributed by atoms with E-state index in [4.69, 9.17) is 19.4 Å². The van der Waals surface area contributed by atoms with Crippen LogP contribution < -0.4 is 20.9 Å². The van der Waals surface area contributed by atoms with Gasteiger partial charge < -0.3 is 30.2 Å². The van der Waals surface area contributed by atoms with Crippen molar-refractivity contribution < 1.29 is 37.3 Å². The van der Waals surface area contributed by atoms with Gasteiger partial charge in [0, 0.05) is 10.9 Å². The van der Waals surface area contributed by atoms with Gasteiger partial charge in [-0.25, -0.2) is 4.79 Å². The number of fused-ring (bicyclic) bond motifs is 1. The molecule has 1 aromatic heterocycles. The minimum atomic E-state index is -5.08. The lowest BCUT2D eigenvalue weighted by atomic mass is 9.88. The van der Waals surface area contributed by atoms with Crippen LogP contribution in [0.2, 0.25) is 0 Å². The molecular weight excluding hydrogens is 447 g/mol. The van der Waals surface area contributed by atoms with Crippen molar-refractivity contribution in [3.63, 3.8) is 0 Å². The monoisotopic (exact) mass is 471 g/mol. The van der Waals surface area contributed by atoms with Crippen LogP contribution in [0.5, 0.6) is 5.75 Å². The number of carboxylic acids is 1. The molecule has 1 amide bonds. The Hall–Kier alpha value is -3.12. The van der Waals surface area contributed by atoms with Crippen molar-refractivity contribution in [2.75, 3.05) is 26.8 Å². The number of hydrogen-bond acceptors (Lipinski definition) is 6. The molecule has 2 aromatic rings. The Labute approximate surface area is 186 Å². The van der Waals surface area contributed by atoms with Gasteiger partial charge >= 0.3 is 12.1 Å². The number of aromatic nitrogens is 1. The first kappa shape index (κ1) is 24.5. The van der Waals surface area contributed by atoms with Crippen LogP contribution in [-0.2, 0) is 9.53 Å². The van der Waals surface area contributed by atoms with Crippen molar-refractivity contribution in [2.45, 2.75) is 37.1 Å². The Morgan fingerprint density at radius 1 is 1.24 bits per heavy atom. The molecule has 9 nitrogen and oxygen atoms in total. The average molecular weight is 471 g/mol. The van der Waals surface area contributed by atoms with E-state index in [2.05, 4.69) is 15.6 Å². The first-order valence-electron chi connectivity index (χ1n) is 10.2. The molecule has 0 aliphatic carbocycles. The second-order valence-electron chi connectivity index (χ2n) is 7.89. The molecular formula is C21H24F3N3O6. The van der Waals surface area contributed by atoms with E-state index in [1.807, 2.05) is 0 Å². The second kappa shape index (κ2) is 9.79. The molecule has 0 radical (unpaired) electrons. The summed E-state index contributed by atoms with van der Waals surface area (Å²) in [6.07, 6.45) is -2.38. The molecule has 2 aliphatic rings. The van der Waals surface area contributed by atoms with E-state index in [1.54, 1.807) is 31.4 Å². The summed E-state index contributed by atoms with van der Waals surface area (Å²) in [5.41, 5.74) is 0.254. The number of aromatic amines is 1. The van der Waals surface area contributed by atoms with Crippen molar-refractivity contribution in [3.05, 3.63) is 40.2 Å². The van der Waals surface area contributed by atoms with E-state index in [9.17, 15) is 22.8 Å². The predicted molar refractivity (Wildman–Crippen MR) is 111 cm³/mol. The number of aliphatic carboxylic acids is 1. The summed E-state index contributed by atoms with van der Waals surface area (Å²) in [5.74, 6) is -2.45. The number of rotatable bonds is 3. The van der Waals surface area contributed by atoms with Crippen LogP contribution in [0.3, 0.4) is 0 Å². The summed E-state index contributed by atoms with van der Waals surface area (Å²) in [6, 6.07) is 6.88. The molecule has 1 unspecified atom stereocenters. The molecule has 0 bridgehead atoms. The molecule has 2 aliphatic heterocycles. The summed E-state index contributed by atoms with van der Waals surface area (Å²) >= 11 is 0. The van der Waals surface area contributed by atoms with Gasteiger partial charge in [0.15, 0.2) is 0 Å². The van der Waals surface area contributed by atoms with Gasteiger partial charge in [0.05, 0.1) is 25.4 Å². The Morgan fingerprint density at radius 2 is 1.91 bits per heavy atom. The molecule has 2 saturated heterocycles. The lowest BCUT2D eigenvalue weighted by Crippen LogP contribution is -2.43. The van der Waals surface area contributed by atoms with Gasteiger partial charge in [0.25, 0.3) is 11.5 Å². The molecule has 2 fully saturated rings. The zero-order chi connectivity index (χ0) is 24.2. The van der Waals surface area contributed by atoms with Crippen molar-refractivity contribution in [1.82, 2.24) is 15.6 Å². The summed E-state index contributed by atoms with van der Waals surface area (Å²) in [5, 5.41) is 14.2. The Balaban J connectivity index is 0.000000383. The van der Waals surface area contributed by atoms with E-state index in [0.717, 1.165) is 37.7 Å². The number of carboxylic acid groups (broad SMARTS) is 1. The third-order valence-electron chi connectivity index (χ3n) is 5.60. The number of piperidine rings is 1. The fourth-order valence-corrected chi connectivity index (χ4v) is 3.91. The maximum atomic E-state index is 12.7. The minimum Gasteiger partial charge on any atom is -0.497 e. The van der Waals surface area contributed by atoms with Crippen LogP contribution >= 0.6 is 0 Å². The number of alkyl halides is 3. The molecule has 4 rings (SSSR count). The maximum Gasteiger partial charge on any atom is 0.490 e. The van der Waals surface area contributed by atoms with E-state index < -0.39 is 17.7 Å². The zero-order valence-electron chi connectivity index (χ0n) is 17.8. The highest BCUT2D eigenvalue weighted by Gasteiger charge is 2.41. The van der Waals surface area contributed by atoms with Gasteiger partial charge in [0.1, 0.15) is 11.3 Å². The van der Waals surface area contributed by atoms with Crippen molar-refractivity contribution in [1.29, 1.82) is 0 Å². The first-order valence-corrected chi connectivity index (χ1v) is 10.2. The van der Waals surface area contributed by atoms with Crippen LogP contribution in [0.25, 0.3) is 10.9 Å². The second-order valence-corrected chi connectivity index (χ2v) is 7.89.